The highest BCUT2D eigenvalue weighted by atomic mass is 16.5. The van der Waals surface area contributed by atoms with Gasteiger partial charge in [-0.25, -0.2) is 15.0 Å². The van der Waals surface area contributed by atoms with Crippen molar-refractivity contribution in [2.24, 2.45) is 0 Å². The van der Waals surface area contributed by atoms with E-state index in [1.165, 1.54) is 5.56 Å². The van der Waals surface area contributed by atoms with Gasteiger partial charge in [-0.05, 0) is 76.9 Å². The van der Waals surface area contributed by atoms with Crippen molar-refractivity contribution in [2.75, 3.05) is 4.90 Å². The number of nitrogens with zero attached hydrogens (tertiary/aromatic N) is 4. The zero-order chi connectivity index (χ0) is 37.7. The smallest absolute Gasteiger partial charge is 0.164 e. The number of para-hydroxylation sites is 2. The van der Waals surface area contributed by atoms with E-state index < -0.39 is 0 Å². The number of benzene rings is 8. The first-order valence-corrected chi connectivity index (χ1v) is 18.9. The normalized spacial score (nSPS) is 12.0. The first kappa shape index (κ1) is 32.6. The highest BCUT2D eigenvalue weighted by molar-refractivity contribution is 6.12. The van der Waals surface area contributed by atoms with Crippen molar-refractivity contribution in [3.05, 3.63) is 194 Å². The van der Waals surface area contributed by atoms with E-state index >= 15 is 0 Å². The van der Waals surface area contributed by atoms with Gasteiger partial charge in [0.25, 0.3) is 0 Å². The van der Waals surface area contributed by atoms with Crippen LogP contribution in [-0.4, -0.2) is 15.0 Å². The molecule has 57 heavy (non-hydrogen) atoms. The van der Waals surface area contributed by atoms with E-state index in [4.69, 9.17) is 24.1 Å². The highest BCUT2D eigenvalue weighted by Crippen LogP contribution is 2.52. The minimum absolute atomic E-state index is 0.589. The highest BCUT2D eigenvalue weighted by Gasteiger charge is 2.27. The molecule has 0 radical (unpaired) electrons. The Labute approximate surface area is 329 Å². The molecule has 11 rings (SSSR count). The molecular formula is C51H32N4O2. The van der Waals surface area contributed by atoms with Gasteiger partial charge in [0.15, 0.2) is 29.0 Å². The van der Waals surface area contributed by atoms with Crippen LogP contribution < -0.4 is 9.64 Å². The van der Waals surface area contributed by atoms with Gasteiger partial charge in [0.2, 0.25) is 0 Å². The van der Waals surface area contributed by atoms with Gasteiger partial charge in [0, 0.05) is 33.2 Å². The summed E-state index contributed by atoms with van der Waals surface area (Å²) < 4.78 is 13.2. The fraction of sp³-hybridized carbons (Fsp3) is 0. The van der Waals surface area contributed by atoms with Gasteiger partial charge < -0.3 is 14.1 Å². The lowest BCUT2D eigenvalue weighted by molar-refractivity contribution is 0.477. The number of hydrogen-bond donors (Lipinski definition) is 0. The van der Waals surface area contributed by atoms with Gasteiger partial charge >= 0.3 is 0 Å². The number of hydrogen-bond acceptors (Lipinski definition) is 6. The maximum Gasteiger partial charge on any atom is 0.164 e. The van der Waals surface area contributed by atoms with Crippen LogP contribution in [0.4, 0.5) is 17.1 Å². The third kappa shape index (κ3) is 5.79. The minimum Gasteiger partial charge on any atom is -0.456 e. The molecule has 6 heteroatoms. The van der Waals surface area contributed by atoms with Gasteiger partial charge in [-0.3, -0.25) is 0 Å². The average molecular weight is 733 g/mol. The Bertz CT molecular complexity index is 3050. The molecule has 0 amide bonds. The maximum atomic E-state index is 6.61. The van der Waals surface area contributed by atoms with Crippen molar-refractivity contribution < 1.29 is 9.15 Å². The van der Waals surface area contributed by atoms with Crippen LogP contribution in [-0.2, 0) is 0 Å². The zero-order valence-electron chi connectivity index (χ0n) is 30.6. The second-order valence-electron chi connectivity index (χ2n) is 14.0. The van der Waals surface area contributed by atoms with Crippen LogP contribution in [0.1, 0.15) is 0 Å². The molecule has 0 aliphatic carbocycles. The SMILES string of the molecule is c1ccc(-c2cccc(N3c4ccccc4Oc4cc(-c5ccc6c(c5)oc5cccc(-c7nc(-c8ccccc8)nc(-c8ccccc8)n7)c56)ccc43)c2)cc1. The summed E-state index contributed by atoms with van der Waals surface area (Å²) in [7, 11) is 0. The molecule has 268 valence electrons. The summed E-state index contributed by atoms with van der Waals surface area (Å²) in [5, 5.41) is 1.95. The lowest BCUT2D eigenvalue weighted by Gasteiger charge is -2.33. The number of ether oxygens (including phenoxy) is 1. The Morgan fingerprint density at radius 3 is 1.70 bits per heavy atom. The van der Waals surface area contributed by atoms with E-state index in [1.807, 2.05) is 91.0 Å². The van der Waals surface area contributed by atoms with E-state index in [0.29, 0.717) is 17.5 Å². The van der Waals surface area contributed by atoms with Gasteiger partial charge in [-0.15, -0.1) is 0 Å². The zero-order valence-corrected chi connectivity index (χ0v) is 30.6. The minimum atomic E-state index is 0.589. The standard InChI is InChI=1S/C51H32N4O2/c1-4-14-33(15-5-1)36-20-12-21-39(30-36)55-42-23-10-11-24-44(42)56-47-32-38(27-29-43(47)55)37-26-28-40-46(31-37)57-45-25-13-22-41(48(40)45)51-53-49(34-16-6-2-7-17-34)52-50(54-51)35-18-8-3-9-19-35/h1-32H. The van der Waals surface area contributed by atoms with E-state index in [1.54, 1.807) is 0 Å². The molecule has 0 fully saturated rings. The fourth-order valence-electron chi connectivity index (χ4n) is 7.79. The average Bonchev–Trinajstić information content (AvgIpc) is 3.67. The number of rotatable bonds is 6. The van der Waals surface area contributed by atoms with Gasteiger partial charge in [-0.1, -0.05) is 140 Å². The summed E-state index contributed by atoms with van der Waals surface area (Å²) in [5.74, 6) is 3.40. The lowest BCUT2D eigenvalue weighted by atomic mass is 10.00. The quantitative estimate of drug-likeness (QED) is 0.170. The van der Waals surface area contributed by atoms with Gasteiger partial charge in [0.1, 0.15) is 11.2 Å². The van der Waals surface area contributed by atoms with Gasteiger partial charge in [0.05, 0.1) is 11.4 Å². The Balaban J connectivity index is 1.00. The molecule has 3 heterocycles. The molecule has 10 aromatic rings. The second kappa shape index (κ2) is 13.5. The summed E-state index contributed by atoms with van der Waals surface area (Å²) in [4.78, 5) is 17.2. The number of fused-ring (bicyclic) bond motifs is 5. The molecule has 0 spiro atoms. The van der Waals surface area contributed by atoms with E-state index in [2.05, 4.69) is 108 Å². The Kier molecular flexibility index (Phi) is 7.71. The molecule has 8 aromatic carbocycles. The monoisotopic (exact) mass is 732 g/mol. The van der Waals surface area contributed by atoms with Crippen LogP contribution in [0, 0.1) is 0 Å². The van der Waals surface area contributed by atoms with E-state index in [9.17, 15) is 0 Å². The van der Waals surface area contributed by atoms with Crippen LogP contribution in [0.2, 0.25) is 0 Å². The van der Waals surface area contributed by atoms with Crippen molar-refractivity contribution in [1.29, 1.82) is 0 Å². The maximum absolute atomic E-state index is 6.61. The van der Waals surface area contributed by atoms with E-state index in [-0.39, 0.29) is 0 Å². The van der Waals surface area contributed by atoms with Crippen LogP contribution in [0.15, 0.2) is 199 Å². The van der Waals surface area contributed by atoms with Crippen LogP contribution >= 0.6 is 0 Å². The largest absolute Gasteiger partial charge is 0.456 e. The first-order chi connectivity index (χ1) is 28.2. The Morgan fingerprint density at radius 1 is 0.368 bits per heavy atom. The predicted octanol–water partition coefficient (Wildman–Crippen LogP) is 13.7. The predicted molar refractivity (Wildman–Crippen MR) is 229 cm³/mol. The third-order valence-corrected chi connectivity index (χ3v) is 10.5. The molecule has 0 bridgehead atoms. The summed E-state index contributed by atoms with van der Waals surface area (Å²) in [6.07, 6.45) is 0. The van der Waals surface area contributed by atoms with Crippen LogP contribution in [0.25, 0.3) is 78.4 Å². The number of anilines is 3. The van der Waals surface area contributed by atoms with Crippen molar-refractivity contribution in [1.82, 2.24) is 15.0 Å². The topological polar surface area (TPSA) is 64.3 Å². The Hall–Kier alpha value is -7.83. The molecule has 0 saturated heterocycles. The third-order valence-electron chi connectivity index (χ3n) is 10.5. The van der Waals surface area contributed by atoms with Crippen molar-refractivity contribution in [3.8, 4) is 67.9 Å². The molecule has 2 aromatic heterocycles. The molecule has 0 N–H and O–H groups in total. The lowest BCUT2D eigenvalue weighted by Crippen LogP contribution is -2.15. The van der Waals surface area contributed by atoms with Crippen LogP contribution in [0.3, 0.4) is 0 Å². The van der Waals surface area contributed by atoms with Crippen molar-refractivity contribution in [2.45, 2.75) is 0 Å². The van der Waals surface area contributed by atoms with Crippen molar-refractivity contribution in [3.63, 3.8) is 0 Å². The summed E-state index contributed by atoms with van der Waals surface area (Å²) >= 11 is 0. The molecule has 0 atom stereocenters. The summed E-state index contributed by atoms with van der Waals surface area (Å²) in [6, 6.07) is 66.2. The molecule has 1 aliphatic heterocycles. The summed E-state index contributed by atoms with van der Waals surface area (Å²) in [6.45, 7) is 0. The molecular weight excluding hydrogens is 701 g/mol. The van der Waals surface area contributed by atoms with Crippen LogP contribution in [0.5, 0.6) is 11.5 Å². The fourth-order valence-corrected chi connectivity index (χ4v) is 7.79. The molecule has 0 saturated carbocycles. The first-order valence-electron chi connectivity index (χ1n) is 18.9. The molecule has 1 aliphatic rings. The molecule has 6 nitrogen and oxygen atoms in total. The van der Waals surface area contributed by atoms with Crippen molar-refractivity contribution >= 4 is 39.0 Å². The van der Waals surface area contributed by atoms with Gasteiger partial charge in [-0.2, -0.15) is 0 Å². The second-order valence-corrected chi connectivity index (χ2v) is 14.0. The number of aromatic nitrogens is 3. The van der Waals surface area contributed by atoms with E-state index in [0.717, 1.165) is 83.9 Å². The number of furan rings is 1. The Morgan fingerprint density at radius 2 is 0.947 bits per heavy atom. The summed E-state index contributed by atoms with van der Waals surface area (Å²) in [5.41, 5.74) is 11.7. The molecule has 0 unspecified atom stereocenters.